The van der Waals surface area contributed by atoms with Crippen molar-refractivity contribution in [2.75, 3.05) is 7.11 Å². The van der Waals surface area contributed by atoms with E-state index in [-0.39, 0.29) is 16.7 Å². The molecule has 0 spiro atoms. The van der Waals surface area contributed by atoms with E-state index in [9.17, 15) is 10.1 Å². The van der Waals surface area contributed by atoms with Crippen LogP contribution in [-0.2, 0) is 0 Å². The summed E-state index contributed by atoms with van der Waals surface area (Å²) in [5.74, 6) is 0.482. The van der Waals surface area contributed by atoms with Crippen molar-refractivity contribution in [2.45, 2.75) is 0 Å². The van der Waals surface area contributed by atoms with E-state index < -0.39 is 4.92 Å². The first-order chi connectivity index (χ1) is 8.63. The molecule has 2 rings (SSSR count). The van der Waals surface area contributed by atoms with E-state index in [1.807, 2.05) is 0 Å². The summed E-state index contributed by atoms with van der Waals surface area (Å²) in [5, 5.41) is 10.9. The van der Waals surface area contributed by atoms with Crippen molar-refractivity contribution in [1.29, 1.82) is 0 Å². The lowest BCUT2D eigenvalue weighted by molar-refractivity contribution is -0.384. The molecule has 18 heavy (non-hydrogen) atoms. The van der Waals surface area contributed by atoms with Crippen molar-refractivity contribution < 1.29 is 9.66 Å². The number of nitrogens with zero attached hydrogens (tertiary/aromatic N) is 3. The third kappa shape index (κ3) is 2.23. The Hall–Kier alpha value is -2.21. The molecule has 0 N–H and O–H groups in total. The van der Waals surface area contributed by atoms with Gasteiger partial charge in [0.15, 0.2) is 5.69 Å². The Morgan fingerprint density at radius 3 is 2.78 bits per heavy atom. The number of halogens is 1. The summed E-state index contributed by atoms with van der Waals surface area (Å²) in [4.78, 5) is 17.9. The maximum Gasteiger partial charge on any atom is 0.313 e. The average Bonchev–Trinajstić information content (AvgIpc) is 2.38. The molecule has 1 aromatic carbocycles. The number of hydrogen-bond donors (Lipinski definition) is 0. The van der Waals surface area contributed by atoms with Crippen molar-refractivity contribution >= 4 is 17.3 Å². The summed E-state index contributed by atoms with van der Waals surface area (Å²) in [6.45, 7) is 0. The van der Waals surface area contributed by atoms with Crippen LogP contribution in [0.5, 0.6) is 5.75 Å². The lowest BCUT2D eigenvalue weighted by Gasteiger charge is -2.07. The monoisotopic (exact) mass is 265 g/mol. The number of rotatable bonds is 3. The van der Waals surface area contributed by atoms with Gasteiger partial charge >= 0.3 is 5.69 Å². The van der Waals surface area contributed by atoms with Crippen LogP contribution in [0.2, 0.25) is 5.28 Å². The summed E-state index contributed by atoms with van der Waals surface area (Å²) in [6.07, 6.45) is 1.08. The van der Waals surface area contributed by atoms with Gasteiger partial charge in [-0.3, -0.25) is 10.1 Å². The van der Waals surface area contributed by atoms with Gasteiger partial charge in [-0.1, -0.05) is 12.1 Å². The molecule has 92 valence electrons. The Morgan fingerprint density at radius 2 is 2.11 bits per heavy atom. The molecule has 0 fully saturated rings. The lowest BCUT2D eigenvalue weighted by atomic mass is 10.1. The molecule has 0 atom stereocenters. The highest BCUT2D eigenvalue weighted by Crippen LogP contribution is 2.34. The predicted molar refractivity (Wildman–Crippen MR) is 65.7 cm³/mol. The molecule has 0 radical (unpaired) electrons. The van der Waals surface area contributed by atoms with Gasteiger partial charge in [0.05, 0.1) is 12.0 Å². The number of aromatic nitrogens is 2. The molecule has 0 amide bonds. The quantitative estimate of drug-likeness (QED) is 0.484. The van der Waals surface area contributed by atoms with Gasteiger partial charge in [0, 0.05) is 5.56 Å². The van der Waals surface area contributed by atoms with E-state index in [1.54, 1.807) is 24.3 Å². The molecule has 7 heteroatoms. The van der Waals surface area contributed by atoms with Crippen LogP contribution < -0.4 is 4.74 Å². The smallest absolute Gasteiger partial charge is 0.313 e. The molecule has 0 saturated carbocycles. The fourth-order valence-electron chi connectivity index (χ4n) is 1.53. The van der Waals surface area contributed by atoms with Crippen LogP contribution in [-0.4, -0.2) is 22.0 Å². The maximum absolute atomic E-state index is 10.9. The molecule has 0 saturated heterocycles. The highest BCUT2D eigenvalue weighted by atomic mass is 35.5. The number of methoxy groups -OCH3 is 1. The number of para-hydroxylation sites is 1. The Morgan fingerprint density at radius 1 is 1.39 bits per heavy atom. The molecule has 2 aromatic rings. The highest BCUT2D eigenvalue weighted by molar-refractivity contribution is 6.28. The molecular weight excluding hydrogens is 258 g/mol. The molecule has 6 nitrogen and oxygen atoms in total. The SMILES string of the molecule is COc1ccccc1-c1nc(Cl)ncc1[N+](=O)[O-]. The van der Waals surface area contributed by atoms with Crippen molar-refractivity contribution in [3.05, 3.63) is 45.9 Å². The van der Waals surface area contributed by atoms with Crippen LogP contribution >= 0.6 is 11.6 Å². The van der Waals surface area contributed by atoms with E-state index in [4.69, 9.17) is 16.3 Å². The maximum atomic E-state index is 10.9. The fraction of sp³-hybridized carbons (Fsp3) is 0.0909. The summed E-state index contributed by atoms with van der Waals surface area (Å²) in [5.41, 5.74) is 0.414. The first-order valence-corrected chi connectivity index (χ1v) is 5.31. The molecule has 1 aromatic heterocycles. The highest BCUT2D eigenvalue weighted by Gasteiger charge is 2.21. The summed E-state index contributed by atoms with van der Waals surface area (Å²) in [7, 11) is 1.48. The number of benzene rings is 1. The average molecular weight is 266 g/mol. The zero-order valence-corrected chi connectivity index (χ0v) is 10.1. The van der Waals surface area contributed by atoms with Crippen molar-refractivity contribution in [2.24, 2.45) is 0 Å². The fourth-order valence-corrected chi connectivity index (χ4v) is 1.66. The van der Waals surface area contributed by atoms with Crippen LogP contribution in [0, 0.1) is 10.1 Å². The van der Waals surface area contributed by atoms with Crippen molar-refractivity contribution in [3.8, 4) is 17.0 Å². The minimum atomic E-state index is -0.557. The largest absolute Gasteiger partial charge is 0.496 e. The number of nitro groups is 1. The van der Waals surface area contributed by atoms with E-state index in [0.29, 0.717) is 11.3 Å². The topological polar surface area (TPSA) is 78.2 Å². The molecule has 0 unspecified atom stereocenters. The van der Waals surface area contributed by atoms with Crippen LogP contribution in [0.25, 0.3) is 11.3 Å². The Labute approximate surface area is 107 Å². The Bertz CT molecular complexity index is 604. The van der Waals surface area contributed by atoms with E-state index >= 15 is 0 Å². The predicted octanol–water partition coefficient (Wildman–Crippen LogP) is 2.71. The molecule has 0 aliphatic rings. The molecule has 0 aliphatic carbocycles. The van der Waals surface area contributed by atoms with Gasteiger partial charge in [-0.2, -0.15) is 0 Å². The zero-order valence-electron chi connectivity index (χ0n) is 9.33. The van der Waals surface area contributed by atoms with Crippen molar-refractivity contribution in [3.63, 3.8) is 0 Å². The van der Waals surface area contributed by atoms with Gasteiger partial charge < -0.3 is 4.74 Å². The van der Waals surface area contributed by atoms with Crippen LogP contribution in [0.3, 0.4) is 0 Å². The first-order valence-electron chi connectivity index (χ1n) is 4.94. The third-order valence-corrected chi connectivity index (χ3v) is 2.48. The van der Waals surface area contributed by atoms with E-state index in [1.165, 1.54) is 7.11 Å². The van der Waals surface area contributed by atoms with E-state index in [2.05, 4.69) is 9.97 Å². The Kier molecular flexibility index (Phi) is 3.38. The van der Waals surface area contributed by atoms with Gasteiger partial charge in [-0.05, 0) is 23.7 Å². The van der Waals surface area contributed by atoms with Gasteiger partial charge in [-0.15, -0.1) is 0 Å². The zero-order chi connectivity index (χ0) is 13.1. The second-order valence-electron chi connectivity index (χ2n) is 3.33. The lowest BCUT2D eigenvalue weighted by Crippen LogP contribution is -1.98. The molecule has 1 heterocycles. The minimum absolute atomic E-state index is 0.0542. The number of ether oxygens (including phenoxy) is 1. The standard InChI is InChI=1S/C11H8ClN3O3/c1-18-9-5-3-2-4-7(9)10-8(15(16)17)6-13-11(12)14-10/h2-6H,1H3. The summed E-state index contributed by atoms with van der Waals surface area (Å²) >= 11 is 5.68. The van der Waals surface area contributed by atoms with Crippen LogP contribution in [0.4, 0.5) is 5.69 Å². The summed E-state index contributed by atoms with van der Waals surface area (Å²) in [6, 6.07) is 6.86. The molecule has 0 bridgehead atoms. The van der Waals surface area contributed by atoms with Crippen LogP contribution in [0.1, 0.15) is 0 Å². The van der Waals surface area contributed by atoms with Crippen molar-refractivity contribution in [1.82, 2.24) is 9.97 Å². The second-order valence-corrected chi connectivity index (χ2v) is 3.67. The van der Waals surface area contributed by atoms with Crippen LogP contribution in [0.15, 0.2) is 30.5 Å². The van der Waals surface area contributed by atoms with E-state index in [0.717, 1.165) is 6.20 Å². The third-order valence-electron chi connectivity index (χ3n) is 2.30. The van der Waals surface area contributed by atoms with Gasteiger partial charge in [0.25, 0.3) is 0 Å². The number of hydrogen-bond acceptors (Lipinski definition) is 5. The van der Waals surface area contributed by atoms with Gasteiger partial charge in [0.1, 0.15) is 11.9 Å². The van der Waals surface area contributed by atoms with Gasteiger partial charge in [-0.25, -0.2) is 9.97 Å². The Balaban J connectivity index is 2.69. The first kappa shape index (κ1) is 12.3. The minimum Gasteiger partial charge on any atom is -0.496 e. The molecular formula is C11H8ClN3O3. The normalized spacial score (nSPS) is 10.1. The second kappa shape index (κ2) is 4.97. The summed E-state index contributed by atoms with van der Waals surface area (Å²) < 4.78 is 5.15. The molecule has 0 aliphatic heterocycles. The van der Waals surface area contributed by atoms with Gasteiger partial charge in [0.2, 0.25) is 5.28 Å².